The van der Waals surface area contributed by atoms with E-state index in [9.17, 15) is 14.4 Å². The SMILES string of the molecule is CCC[C@H](NC(=O)OCC1c2ccccc2-c2ccccc21)C(=O)NCCCCC(=O)O. The molecular weight excluding hydrogens is 408 g/mol. The predicted molar refractivity (Wildman–Crippen MR) is 121 cm³/mol. The summed E-state index contributed by atoms with van der Waals surface area (Å²) in [5.41, 5.74) is 4.57. The summed E-state index contributed by atoms with van der Waals surface area (Å²) in [7, 11) is 0. The lowest BCUT2D eigenvalue weighted by Gasteiger charge is -2.19. The van der Waals surface area contributed by atoms with Crippen LogP contribution in [0.1, 0.15) is 56.1 Å². The molecule has 7 nitrogen and oxygen atoms in total. The normalized spacial score (nSPS) is 13.0. The van der Waals surface area contributed by atoms with E-state index in [0.717, 1.165) is 28.7 Å². The molecule has 0 aromatic heterocycles. The maximum absolute atomic E-state index is 12.5. The molecule has 7 heteroatoms. The minimum atomic E-state index is -0.850. The van der Waals surface area contributed by atoms with E-state index in [1.165, 1.54) is 0 Å². The number of amides is 2. The van der Waals surface area contributed by atoms with Crippen molar-refractivity contribution in [3.8, 4) is 11.1 Å². The standard InChI is InChI=1S/C25H30N2O5/c1-2-9-22(24(30)26-15-8-7-14-23(28)29)27-25(31)32-16-21-19-12-5-3-10-17(19)18-11-4-6-13-20(18)21/h3-6,10-13,21-22H,2,7-9,14-16H2,1H3,(H,26,30)(H,27,31)(H,28,29)/t22-/m0/s1. The highest BCUT2D eigenvalue weighted by molar-refractivity contribution is 5.85. The third kappa shape index (κ3) is 5.87. The number of nitrogens with one attached hydrogen (secondary N) is 2. The van der Waals surface area contributed by atoms with E-state index in [-0.39, 0.29) is 24.9 Å². The van der Waals surface area contributed by atoms with Gasteiger partial charge < -0.3 is 20.5 Å². The van der Waals surface area contributed by atoms with Crippen LogP contribution < -0.4 is 10.6 Å². The lowest BCUT2D eigenvalue weighted by molar-refractivity contribution is -0.137. The second-order valence-corrected chi connectivity index (χ2v) is 7.95. The van der Waals surface area contributed by atoms with Gasteiger partial charge in [0.05, 0.1) is 0 Å². The molecule has 0 fully saturated rings. The molecule has 2 aromatic rings. The van der Waals surface area contributed by atoms with Crippen molar-refractivity contribution in [2.45, 2.75) is 51.0 Å². The lowest BCUT2D eigenvalue weighted by Crippen LogP contribution is -2.47. The predicted octanol–water partition coefficient (Wildman–Crippen LogP) is 4.06. The Bertz CT molecular complexity index is 913. The van der Waals surface area contributed by atoms with E-state index in [0.29, 0.717) is 25.8 Å². The summed E-state index contributed by atoms with van der Waals surface area (Å²) in [5.74, 6) is -1.17. The molecule has 0 saturated carbocycles. The monoisotopic (exact) mass is 438 g/mol. The number of alkyl carbamates (subject to hydrolysis) is 1. The first-order valence-corrected chi connectivity index (χ1v) is 11.1. The van der Waals surface area contributed by atoms with Gasteiger partial charge in [0.15, 0.2) is 0 Å². The van der Waals surface area contributed by atoms with Gasteiger partial charge in [-0.25, -0.2) is 4.79 Å². The average Bonchev–Trinajstić information content (AvgIpc) is 3.10. The quantitative estimate of drug-likeness (QED) is 0.459. The summed E-state index contributed by atoms with van der Waals surface area (Å²) in [6.07, 6.45) is 1.74. The molecule has 2 aromatic carbocycles. The van der Waals surface area contributed by atoms with Gasteiger partial charge in [-0.1, -0.05) is 61.9 Å². The molecule has 0 bridgehead atoms. The first-order valence-electron chi connectivity index (χ1n) is 11.1. The van der Waals surface area contributed by atoms with Crippen LogP contribution in [0.15, 0.2) is 48.5 Å². The molecular formula is C25H30N2O5. The smallest absolute Gasteiger partial charge is 0.407 e. The number of rotatable bonds is 11. The fourth-order valence-electron chi connectivity index (χ4n) is 4.08. The highest BCUT2D eigenvalue weighted by Crippen LogP contribution is 2.44. The molecule has 2 amide bonds. The van der Waals surface area contributed by atoms with Crippen LogP contribution in [-0.4, -0.2) is 42.3 Å². The van der Waals surface area contributed by atoms with Crippen molar-refractivity contribution in [1.82, 2.24) is 10.6 Å². The summed E-state index contributed by atoms with van der Waals surface area (Å²) >= 11 is 0. The van der Waals surface area contributed by atoms with Crippen LogP contribution in [0.2, 0.25) is 0 Å². The van der Waals surface area contributed by atoms with Crippen LogP contribution in [-0.2, 0) is 14.3 Å². The zero-order chi connectivity index (χ0) is 22.9. The summed E-state index contributed by atoms with van der Waals surface area (Å²) < 4.78 is 5.54. The molecule has 0 radical (unpaired) electrons. The van der Waals surface area contributed by atoms with Crippen molar-refractivity contribution in [2.75, 3.05) is 13.2 Å². The number of ether oxygens (including phenoxy) is 1. The second-order valence-electron chi connectivity index (χ2n) is 7.95. The lowest BCUT2D eigenvalue weighted by atomic mass is 9.98. The van der Waals surface area contributed by atoms with E-state index >= 15 is 0 Å². The fourth-order valence-corrected chi connectivity index (χ4v) is 4.08. The minimum absolute atomic E-state index is 0.0409. The van der Waals surface area contributed by atoms with Crippen LogP contribution in [0.4, 0.5) is 4.79 Å². The second kappa shape index (κ2) is 11.3. The van der Waals surface area contributed by atoms with Crippen molar-refractivity contribution in [2.24, 2.45) is 0 Å². The largest absolute Gasteiger partial charge is 0.481 e. The highest BCUT2D eigenvalue weighted by Gasteiger charge is 2.29. The Morgan fingerprint density at radius 2 is 1.62 bits per heavy atom. The number of hydrogen-bond acceptors (Lipinski definition) is 4. The van der Waals surface area contributed by atoms with Gasteiger partial charge >= 0.3 is 12.1 Å². The molecule has 170 valence electrons. The van der Waals surface area contributed by atoms with Crippen LogP contribution in [0.3, 0.4) is 0 Å². The van der Waals surface area contributed by atoms with Gasteiger partial charge in [0.1, 0.15) is 12.6 Å². The minimum Gasteiger partial charge on any atom is -0.481 e. The number of carbonyl (C=O) groups excluding carboxylic acids is 2. The average molecular weight is 439 g/mol. The van der Waals surface area contributed by atoms with E-state index < -0.39 is 18.1 Å². The topological polar surface area (TPSA) is 105 Å². The molecule has 1 aliphatic rings. The summed E-state index contributed by atoms with van der Waals surface area (Å²) in [6, 6.07) is 15.5. The van der Waals surface area contributed by atoms with Crippen molar-refractivity contribution in [1.29, 1.82) is 0 Å². The van der Waals surface area contributed by atoms with E-state index in [2.05, 4.69) is 34.9 Å². The van der Waals surface area contributed by atoms with Gasteiger partial charge in [0, 0.05) is 18.9 Å². The maximum atomic E-state index is 12.5. The van der Waals surface area contributed by atoms with E-state index in [1.54, 1.807) is 0 Å². The Hall–Kier alpha value is -3.35. The number of unbranched alkanes of at least 4 members (excludes halogenated alkanes) is 1. The Morgan fingerprint density at radius 3 is 2.22 bits per heavy atom. The molecule has 0 spiro atoms. The van der Waals surface area contributed by atoms with Crippen molar-refractivity contribution >= 4 is 18.0 Å². The third-order valence-electron chi connectivity index (χ3n) is 5.65. The van der Waals surface area contributed by atoms with Gasteiger partial charge in [-0.2, -0.15) is 0 Å². The summed E-state index contributed by atoms with van der Waals surface area (Å²) in [4.78, 5) is 35.5. The van der Waals surface area contributed by atoms with Crippen LogP contribution in [0.25, 0.3) is 11.1 Å². The number of carbonyl (C=O) groups is 3. The number of aliphatic carboxylic acids is 1. The zero-order valence-electron chi connectivity index (χ0n) is 18.3. The van der Waals surface area contributed by atoms with Crippen LogP contribution in [0.5, 0.6) is 0 Å². The van der Waals surface area contributed by atoms with Crippen molar-refractivity contribution in [3.05, 3.63) is 59.7 Å². The molecule has 3 N–H and O–H groups in total. The van der Waals surface area contributed by atoms with Crippen LogP contribution in [0, 0.1) is 0 Å². The molecule has 0 saturated heterocycles. The molecule has 0 heterocycles. The Kier molecular flexibility index (Phi) is 8.25. The molecule has 1 aliphatic carbocycles. The summed E-state index contributed by atoms with van der Waals surface area (Å²) in [6.45, 7) is 2.50. The van der Waals surface area contributed by atoms with Gasteiger partial charge in [-0.15, -0.1) is 0 Å². The van der Waals surface area contributed by atoms with E-state index in [1.807, 2.05) is 31.2 Å². The molecule has 32 heavy (non-hydrogen) atoms. The number of carboxylic acid groups (broad SMARTS) is 1. The van der Waals surface area contributed by atoms with Crippen molar-refractivity contribution < 1.29 is 24.2 Å². The van der Waals surface area contributed by atoms with Crippen LogP contribution >= 0.6 is 0 Å². The molecule has 0 aliphatic heterocycles. The van der Waals surface area contributed by atoms with Gasteiger partial charge in [0.2, 0.25) is 5.91 Å². The number of carboxylic acids is 1. The molecule has 3 rings (SSSR count). The molecule has 1 atom stereocenters. The van der Waals surface area contributed by atoms with E-state index in [4.69, 9.17) is 9.84 Å². The third-order valence-corrected chi connectivity index (χ3v) is 5.65. The number of benzene rings is 2. The Morgan fingerprint density at radius 1 is 1.00 bits per heavy atom. The first kappa shape index (κ1) is 23.3. The van der Waals surface area contributed by atoms with Gasteiger partial charge in [-0.05, 0) is 41.5 Å². The molecule has 0 unspecified atom stereocenters. The maximum Gasteiger partial charge on any atom is 0.407 e. The number of fused-ring (bicyclic) bond motifs is 3. The Balaban J connectivity index is 1.53. The number of hydrogen-bond donors (Lipinski definition) is 3. The first-order chi connectivity index (χ1) is 15.5. The van der Waals surface area contributed by atoms with Gasteiger partial charge in [0.25, 0.3) is 0 Å². The summed E-state index contributed by atoms with van der Waals surface area (Å²) in [5, 5.41) is 14.1. The Labute approximate surface area is 188 Å². The van der Waals surface area contributed by atoms with Gasteiger partial charge in [-0.3, -0.25) is 9.59 Å². The van der Waals surface area contributed by atoms with Crippen molar-refractivity contribution in [3.63, 3.8) is 0 Å². The zero-order valence-corrected chi connectivity index (χ0v) is 18.3. The fraction of sp³-hybridized carbons (Fsp3) is 0.400. The highest BCUT2D eigenvalue weighted by atomic mass is 16.5.